The zero-order valence-electron chi connectivity index (χ0n) is 21.5. The van der Waals surface area contributed by atoms with Crippen molar-refractivity contribution in [2.24, 2.45) is 5.41 Å². The van der Waals surface area contributed by atoms with Crippen molar-refractivity contribution in [3.8, 4) is 0 Å². The number of aliphatic carboxylic acids is 1. The van der Waals surface area contributed by atoms with Gasteiger partial charge in [0.1, 0.15) is 5.57 Å². The fraction of sp³-hybridized carbons (Fsp3) is 0.577. The van der Waals surface area contributed by atoms with E-state index in [9.17, 15) is 14.7 Å². The highest BCUT2D eigenvalue weighted by molar-refractivity contribution is 6.20. The number of nitrogens with zero attached hydrogens (tertiary/aromatic N) is 3. The van der Waals surface area contributed by atoms with Crippen LogP contribution in [0.1, 0.15) is 64.1 Å². The normalized spacial score (nSPS) is 18.8. The fourth-order valence-corrected chi connectivity index (χ4v) is 4.21. The van der Waals surface area contributed by atoms with Gasteiger partial charge in [-0.1, -0.05) is 39.5 Å². The lowest BCUT2D eigenvalue weighted by atomic mass is 9.85. The van der Waals surface area contributed by atoms with Gasteiger partial charge >= 0.3 is 5.97 Å². The zero-order chi connectivity index (χ0) is 25.6. The first kappa shape index (κ1) is 27.5. The van der Waals surface area contributed by atoms with E-state index in [1.54, 1.807) is 11.9 Å². The monoisotopic (exact) mass is 473 g/mol. The van der Waals surface area contributed by atoms with Crippen molar-refractivity contribution < 1.29 is 24.2 Å². The molecule has 1 aromatic rings. The van der Waals surface area contributed by atoms with Gasteiger partial charge in [-0.3, -0.25) is 9.48 Å². The number of hydrogen-bond acceptors (Lipinski definition) is 6. The Balaban J connectivity index is 2.42. The molecule has 188 valence electrons. The Labute approximate surface area is 202 Å². The lowest BCUT2D eigenvalue weighted by molar-refractivity contribution is -0.134. The van der Waals surface area contributed by atoms with Gasteiger partial charge in [0.2, 0.25) is 0 Å². The molecule has 1 saturated heterocycles. The highest BCUT2D eigenvalue weighted by Crippen LogP contribution is 2.30. The maximum Gasteiger partial charge on any atom is 0.341 e. The van der Waals surface area contributed by atoms with Crippen LogP contribution in [-0.2, 0) is 25.6 Å². The van der Waals surface area contributed by atoms with Crippen molar-refractivity contribution in [1.29, 1.82) is 0 Å². The average molecular weight is 474 g/mol. The third-order valence-corrected chi connectivity index (χ3v) is 6.14. The maximum absolute atomic E-state index is 12.1. The van der Waals surface area contributed by atoms with Crippen LogP contribution in [0.15, 0.2) is 30.5 Å². The summed E-state index contributed by atoms with van der Waals surface area (Å²) in [6.45, 7) is 17.5. The van der Waals surface area contributed by atoms with E-state index in [1.165, 1.54) is 6.20 Å². The summed E-state index contributed by atoms with van der Waals surface area (Å²) in [6, 6.07) is -0.149. The minimum atomic E-state index is -1.28. The van der Waals surface area contributed by atoms with Gasteiger partial charge in [0.05, 0.1) is 37.1 Å². The minimum Gasteiger partial charge on any atom is -0.477 e. The molecule has 0 bridgehead atoms. The summed E-state index contributed by atoms with van der Waals surface area (Å²) >= 11 is 0. The van der Waals surface area contributed by atoms with Gasteiger partial charge in [-0.05, 0) is 38.7 Å². The van der Waals surface area contributed by atoms with E-state index < -0.39 is 11.8 Å². The van der Waals surface area contributed by atoms with Crippen molar-refractivity contribution >= 4 is 17.8 Å². The van der Waals surface area contributed by atoms with Crippen LogP contribution in [0.25, 0.3) is 6.08 Å². The number of hydrogen-bond donors (Lipinski definition) is 1. The first-order valence-corrected chi connectivity index (χ1v) is 11.7. The molecule has 34 heavy (non-hydrogen) atoms. The predicted octanol–water partition coefficient (Wildman–Crippen LogP) is 4.16. The number of allylic oxidation sites excluding steroid dienone is 2. The summed E-state index contributed by atoms with van der Waals surface area (Å²) in [5, 5.41) is 14.4. The Kier molecular flexibility index (Phi) is 9.41. The molecule has 0 aliphatic carbocycles. The molecule has 1 aliphatic rings. The molecule has 0 aromatic carbocycles. The molecule has 3 unspecified atom stereocenters. The second-order valence-corrected chi connectivity index (χ2v) is 9.79. The summed E-state index contributed by atoms with van der Waals surface area (Å²) in [6.07, 6.45) is 7.17. The number of ether oxygens (including phenoxy) is 2. The second-order valence-electron chi connectivity index (χ2n) is 9.79. The lowest BCUT2D eigenvalue weighted by Gasteiger charge is -2.38. The largest absolute Gasteiger partial charge is 0.477 e. The third kappa shape index (κ3) is 6.67. The molecule has 1 fully saturated rings. The van der Waals surface area contributed by atoms with Gasteiger partial charge in [-0.15, -0.1) is 0 Å². The average Bonchev–Trinajstić information content (AvgIpc) is 3.37. The summed E-state index contributed by atoms with van der Waals surface area (Å²) in [5.74, 6) is -1.90. The maximum atomic E-state index is 12.1. The molecule has 8 heteroatoms. The van der Waals surface area contributed by atoms with Gasteiger partial charge in [0.25, 0.3) is 0 Å². The van der Waals surface area contributed by atoms with Crippen molar-refractivity contribution in [2.45, 2.75) is 72.8 Å². The van der Waals surface area contributed by atoms with Crippen LogP contribution in [0.2, 0.25) is 0 Å². The van der Waals surface area contributed by atoms with Crippen molar-refractivity contribution in [1.82, 2.24) is 14.7 Å². The number of ketones is 1. The summed E-state index contributed by atoms with van der Waals surface area (Å²) in [5.41, 5.74) is 2.32. The highest BCUT2D eigenvalue weighted by Gasteiger charge is 2.31. The van der Waals surface area contributed by atoms with E-state index in [0.29, 0.717) is 19.8 Å². The van der Waals surface area contributed by atoms with E-state index in [1.807, 2.05) is 37.6 Å². The molecule has 0 radical (unpaired) electrons. The standard InChI is InChI=1S/C26H39N3O5/c1-9-11-20-17(3)29(27-24(20)18(4)34-19-12-13-33-16-19)15-23(26(5,6)7)28(8)14-21(25(31)32)22(30)10-2/h9-11,14,18-19,23H,2,12-13,15-16H2,1,3-8H3,(H,31,32)/b11-9-,21-14+. The summed E-state index contributed by atoms with van der Waals surface area (Å²) in [7, 11) is 1.79. The van der Waals surface area contributed by atoms with Gasteiger partial charge in [-0.2, -0.15) is 5.10 Å². The lowest BCUT2D eigenvalue weighted by Crippen LogP contribution is -2.43. The highest BCUT2D eigenvalue weighted by atomic mass is 16.5. The molecule has 0 saturated carbocycles. The minimum absolute atomic E-state index is 0.0642. The predicted molar refractivity (Wildman–Crippen MR) is 132 cm³/mol. The van der Waals surface area contributed by atoms with Gasteiger partial charge < -0.3 is 19.5 Å². The van der Waals surface area contributed by atoms with Crippen molar-refractivity contribution in [3.05, 3.63) is 47.5 Å². The number of carboxylic acid groups (broad SMARTS) is 1. The quantitative estimate of drug-likeness (QED) is 0.293. The molecule has 2 rings (SSSR count). The van der Waals surface area contributed by atoms with Gasteiger partial charge in [-0.25, -0.2) is 4.79 Å². The molecule has 0 spiro atoms. The van der Waals surface area contributed by atoms with Crippen LogP contribution in [0.5, 0.6) is 0 Å². The number of aromatic nitrogens is 2. The van der Waals surface area contributed by atoms with Crippen LogP contribution in [-0.4, -0.2) is 63.9 Å². The fourth-order valence-electron chi connectivity index (χ4n) is 4.21. The Morgan fingerprint density at radius 2 is 2.09 bits per heavy atom. The molecule has 2 heterocycles. The Morgan fingerprint density at radius 1 is 1.41 bits per heavy atom. The van der Waals surface area contributed by atoms with Crippen LogP contribution < -0.4 is 0 Å². The molecule has 1 aliphatic heterocycles. The first-order valence-electron chi connectivity index (χ1n) is 11.7. The molecular formula is C26H39N3O5. The molecule has 0 amide bonds. The number of carboxylic acids is 1. The first-order chi connectivity index (χ1) is 15.9. The van der Waals surface area contributed by atoms with Crippen molar-refractivity contribution in [3.63, 3.8) is 0 Å². The van der Waals surface area contributed by atoms with E-state index in [4.69, 9.17) is 14.6 Å². The topological polar surface area (TPSA) is 93.9 Å². The number of rotatable bonds is 11. The molecule has 8 nitrogen and oxygen atoms in total. The van der Waals surface area contributed by atoms with Crippen molar-refractivity contribution in [2.75, 3.05) is 20.3 Å². The zero-order valence-corrected chi connectivity index (χ0v) is 21.5. The van der Waals surface area contributed by atoms with E-state index in [2.05, 4.69) is 27.4 Å². The molecule has 3 atom stereocenters. The Hall–Kier alpha value is -2.71. The van der Waals surface area contributed by atoms with Crippen LogP contribution in [0.4, 0.5) is 0 Å². The molecule has 1 aromatic heterocycles. The number of carbonyl (C=O) groups is 2. The van der Waals surface area contributed by atoms with Crippen LogP contribution in [0, 0.1) is 12.3 Å². The number of carbonyl (C=O) groups excluding carboxylic acids is 1. The summed E-state index contributed by atoms with van der Waals surface area (Å²) in [4.78, 5) is 25.5. The van der Waals surface area contributed by atoms with Gasteiger partial charge in [0, 0.05) is 31.1 Å². The molecule has 1 N–H and O–H groups in total. The van der Waals surface area contributed by atoms with Crippen LogP contribution >= 0.6 is 0 Å². The smallest absolute Gasteiger partial charge is 0.341 e. The second kappa shape index (κ2) is 11.6. The van der Waals surface area contributed by atoms with E-state index >= 15 is 0 Å². The van der Waals surface area contributed by atoms with E-state index in [-0.39, 0.29) is 29.2 Å². The SMILES string of the molecule is C=CC(=O)/C(=C\N(C)C(Cn1nc(C(C)OC2CCOC2)c(/C=C\C)c1C)C(C)(C)C)C(=O)O. The van der Waals surface area contributed by atoms with Crippen LogP contribution in [0.3, 0.4) is 0 Å². The molecular weight excluding hydrogens is 434 g/mol. The Bertz CT molecular complexity index is 948. The third-order valence-electron chi connectivity index (χ3n) is 6.14. The van der Waals surface area contributed by atoms with E-state index in [0.717, 1.165) is 29.4 Å². The Morgan fingerprint density at radius 3 is 2.59 bits per heavy atom. The number of likely N-dealkylation sites (N-methyl/N-ethyl adjacent to an activating group) is 1. The summed E-state index contributed by atoms with van der Waals surface area (Å²) < 4.78 is 13.6. The van der Waals surface area contributed by atoms with Gasteiger partial charge in [0.15, 0.2) is 5.78 Å².